The van der Waals surface area contributed by atoms with Gasteiger partial charge in [0, 0.05) is 0 Å². The van der Waals surface area contributed by atoms with Crippen LogP contribution >= 0.6 is 24.0 Å². The van der Waals surface area contributed by atoms with E-state index in [1.54, 1.807) is 0 Å². The van der Waals surface area contributed by atoms with Crippen LogP contribution in [0.15, 0.2) is 29.4 Å². The summed E-state index contributed by atoms with van der Waals surface area (Å²) >= 11 is 10.9. The molecule has 0 amide bonds. The third-order valence-electron chi connectivity index (χ3n) is 1.55. The third-order valence-corrected chi connectivity index (χ3v) is 2.60. The Balaban J connectivity index is 2.44. The van der Waals surface area contributed by atoms with E-state index in [0.29, 0.717) is 3.53 Å². The number of imidazole rings is 1. The lowest BCUT2D eigenvalue weighted by molar-refractivity contribution is 1.09. The zero-order valence-electron chi connectivity index (χ0n) is 6.48. The molecule has 0 radical (unpaired) electrons. The summed E-state index contributed by atoms with van der Waals surface area (Å²) in [6, 6.07) is 7.83. The van der Waals surface area contributed by atoms with E-state index in [4.69, 9.17) is 24.8 Å². The molecule has 1 aromatic carbocycles. The van der Waals surface area contributed by atoms with Gasteiger partial charge in [0.15, 0.2) is 5.16 Å². The minimum absolute atomic E-state index is 0.457. The Morgan fingerprint density at radius 1 is 1.46 bits per heavy atom. The molecule has 0 spiro atoms. The smallest absolute Gasteiger partial charge is 0.169 e. The summed E-state index contributed by atoms with van der Waals surface area (Å²) in [7, 11) is 0. The summed E-state index contributed by atoms with van der Waals surface area (Å²) < 4.78 is 0.457. The third kappa shape index (κ3) is 1.99. The molecular weight excluding hydrogens is 220 g/mol. The van der Waals surface area contributed by atoms with Crippen LogP contribution in [-0.2, 0) is 12.6 Å². The largest absolute Gasteiger partial charge is 0.421 e. The quantitative estimate of drug-likeness (QED) is 0.458. The van der Waals surface area contributed by atoms with E-state index in [2.05, 4.69) is 9.97 Å². The van der Waals surface area contributed by atoms with E-state index in [1.165, 1.54) is 11.8 Å². The standard InChI is InChI=1S/C8H6N2S3/c11-8(12)13-7-9-5-3-1-2-4-6(5)10-7/h1-4H,(H,9,10)(H,11,12)/p-1. The Kier molecular flexibility index (Phi) is 2.48. The first-order valence-corrected chi connectivity index (χ1v) is 5.22. The number of nitrogens with one attached hydrogen (secondary N) is 1. The zero-order chi connectivity index (χ0) is 9.26. The lowest BCUT2D eigenvalue weighted by atomic mass is 10.3. The van der Waals surface area contributed by atoms with Crippen LogP contribution in [0.4, 0.5) is 0 Å². The molecule has 1 aromatic heterocycles. The molecule has 0 bridgehead atoms. The van der Waals surface area contributed by atoms with Gasteiger partial charge < -0.3 is 29.8 Å². The van der Waals surface area contributed by atoms with Gasteiger partial charge in [0.25, 0.3) is 0 Å². The second kappa shape index (κ2) is 3.61. The second-order valence-corrected chi connectivity index (χ2v) is 5.00. The number of para-hydroxylation sites is 2. The molecule has 66 valence electrons. The van der Waals surface area contributed by atoms with Gasteiger partial charge >= 0.3 is 0 Å². The molecule has 0 aliphatic rings. The Hall–Kier alpha value is -0.650. The lowest BCUT2D eigenvalue weighted by Crippen LogP contribution is -1.80. The van der Waals surface area contributed by atoms with Gasteiger partial charge in [-0.3, -0.25) is 0 Å². The van der Waals surface area contributed by atoms with Gasteiger partial charge in [0.2, 0.25) is 0 Å². The normalized spacial score (nSPS) is 10.5. The van der Waals surface area contributed by atoms with E-state index in [1.807, 2.05) is 24.3 Å². The Labute approximate surface area is 90.5 Å². The number of nitrogens with zero attached hydrogens (tertiary/aromatic N) is 1. The van der Waals surface area contributed by atoms with Crippen LogP contribution in [-0.4, -0.2) is 13.5 Å². The molecule has 1 heterocycles. The zero-order valence-corrected chi connectivity index (χ0v) is 8.93. The van der Waals surface area contributed by atoms with Crippen LogP contribution in [0.1, 0.15) is 0 Å². The molecule has 5 heteroatoms. The highest BCUT2D eigenvalue weighted by Crippen LogP contribution is 2.19. The van der Waals surface area contributed by atoms with Crippen molar-refractivity contribution >= 4 is 51.2 Å². The van der Waals surface area contributed by atoms with Crippen molar-refractivity contribution in [3.8, 4) is 0 Å². The van der Waals surface area contributed by atoms with Crippen molar-refractivity contribution in [2.75, 3.05) is 0 Å². The number of thiocarbonyl (C=S) groups is 1. The first-order chi connectivity index (χ1) is 6.25. The Morgan fingerprint density at radius 3 is 2.92 bits per heavy atom. The molecule has 0 fully saturated rings. The summed E-state index contributed by atoms with van der Waals surface area (Å²) in [6.45, 7) is 0. The van der Waals surface area contributed by atoms with Crippen molar-refractivity contribution in [2.24, 2.45) is 0 Å². The van der Waals surface area contributed by atoms with Crippen LogP contribution in [0.25, 0.3) is 11.0 Å². The van der Waals surface area contributed by atoms with E-state index < -0.39 is 0 Å². The predicted octanol–water partition coefficient (Wildman–Crippen LogP) is 2.49. The fraction of sp³-hybridized carbons (Fsp3) is 0. The number of hydrogen-bond acceptors (Lipinski definition) is 4. The summed E-state index contributed by atoms with van der Waals surface area (Å²) in [4.78, 5) is 7.43. The number of rotatable bonds is 1. The second-order valence-electron chi connectivity index (χ2n) is 2.41. The van der Waals surface area contributed by atoms with Crippen molar-refractivity contribution in [3.63, 3.8) is 0 Å². The van der Waals surface area contributed by atoms with Crippen molar-refractivity contribution in [1.82, 2.24) is 9.97 Å². The van der Waals surface area contributed by atoms with Crippen molar-refractivity contribution in [3.05, 3.63) is 24.3 Å². The van der Waals surface area contributed by atoms with Crippen LogP contribution in [0, 0.1) is 0 Å². The van der Waals surface area contributed by atoms with Crippen LogP contribution in [0.2, 0.25) is 0 Å². The maximum atomic E-state index is 4.80. The molecule has 1 N–H and O–H groups in total. The number of fused-ring (bicyclic) bond motifs is 1. The molecular formula is C8H5N2S3-. The summed E-state index contributed by atoms with van der Waals surface area (Å²) in [5, 5.41) is 0.765. The van der Waals surface area contributed by atoms with E-state index in [9.17, 15) is 0 Å². The Bertz CT molecular complexity index is 416. The Morgan fingerprint density at radius 2 is 2.23 bits per heavy atom. The molecule has 0 saturated heterocycles. The lowest BCUT2D eigenvalue weighted by Gasteiger charge is -1.98. The van der Waals surface area contributed by atoms with E-state index in [-0.39, 0.29) is 0 Å². The summed E-state index contributed by atoms with van der Waals surface area (Å²) in [5.41, 5.74) is 1.95. The first kappa shape index (κ1) is 8.93. The minimum atomic E-state index is 0.457. The minimum Gasteiger partial charge on any atom is -0.421 e. The van der Waals surface area contributed by atoms with Crippen LogP contribution in [0.5, 0.6) is 0 Å². The fourth-order valence-electron chi connectivity index (χ4n) is 1.06. The van der Waals surface area contributed by atoms with Gasteiger partial charge in [-0.1, -0.05) is 27.4 Å². The average Bonchev–Trinajstić information content (AvgIpc) is 2.44. The molecule has 2 nitrogen and oxygen atoms in total. The van der Waals surface area contributed by atoms with Crippen molar-refractivity contribution in [1.29, 1.82) is 0 Å². The highest BCUT2D eigenvalue weighted by Gasteiger charge is 1.99. The van der Waals surface area contributed by atoms with Crippen molar-refractivity contribution < 1.29 is 0 Å². The maximum Gasteiger partial charge on any atom is 0.169 e. The number of H-pyrrole nitrogens is 1. The molecule has 0 unspecified atom stereocenters. The number of hydrogen-bond donors (Lipinski definition) is 1. The summed E-state index contributed by atoms with van der Waals surface area (Å²) in [6.07, 6.45) is 0. The van der Waals surface area contributed by atoms with Crippen molar-refractivity contribution in [2.45, 2.75) is 5.16 Å². The number of thioether (sulfide) groups is 1. The molecule has 13 heavy (non-hydrogen) atoms. The van der Waals surface area contributed by atoms with E-state index in [0.717, 1.165) is 16.2 Å². The highest BCUT2D eigenvalue weighted by atomic mass is 32.2. The fourth-order valence-corrected chi connectivity index (χ4v) is 1.99. The molecule has 0 atom stereocenters. The van der Waals surface area contributed by atoms with Crippen LogP contribution in [0.3, 0.4) is 0 Å². The molecule has 0 aliphatic heterocycles. The predicted molar refractivity (Wildman–Crippen MR) is 61.9 cm³/mol. The first-order valence-electron chi connectivity index (χ1n) is 3.59. The molecule has 2 aromatic rings. The molecule has 2 rings (SSSR count). The monoisotopic (exact) mass is 225 g/mol. The highest BCUT2D eigenvalue weighted by molar-refractivity contribution is 8.36. The number of aromatic nitrogens is 2. The van der Waals surface area contributed by atoms with Gasteiger partial charge in [-0.25, -0.2) is 4.98 Å². The molecule has 0 aliphatic carbocycles. The van der Waals surface area contributed by atoms with Gasteiger partial charge in [0.05, 0.1) is 11.0 Å². The maximum absolute atomic E-state index is 4.80. The summed E-state index contributed by atoms with van der Waals surface area (Å²) in [5.74, 6) is 0. The van der Waals surface area contributed by atoms with Gasteiger partial charge in [-0.15, -0.1) is 0 Å². The van der Waals surface area contributed by atoms with Gasteiger partial charge in [0.1, 0.15) is 0 Å². The number of benzene rings is 1. The number of aromatic amines is 1. The SMILES string of the molecule is S=C([S-])Sc1nc2ccccc2[nH]1. The van der Waals surface area contributed by atoms with Gasteiger partial charge in [-0.2, -0.15) is 0 Å². The van der Waals surface area contributed by atoms with E-state index >= 15 is 0 Å². The molecule has 0 saturated carbocycles. The van der Waals surface area contributed by atoms with Crippen LogP contribution < -0.4 is 0 Å². The van der Waals surface area contributed by atoms with Gasteiger partial charge in [-0.05, 0) is 12.1 Å². The topological polar surface area (TPSA) is 28.7 Å². The average molecular weight is 225 g/mol.